The number of fused-ring (bicyclic) bond motifs is 2. The van der Waals surface area contributed by atoms with Crippen LogP contribution in [0.15, 0.2) is 24.3 Å². The number of rotatable bonds is 1. The Morgan fingerprint density at radius 3 is 2.79 bits per heavy atom. The van der Waals surface area contributed by atoms with Crippen molar-refractivity contribution in [3.05, 3.63) is 40.6 Å². The minimum Gasteiger partial charge on any atom is -0.630 e. The first-order chi connectivity index (χ1) is 11.5. The van der Waals surface area contributed by atoms with E-state index in [2.05, 4.69) is 0 Å². The van der Waals surface area contributed by atoms with Crippen molar-refractivity contribution in [3.63, 3.8) is 0 Å². The Morgan fingerprint density at radius 2 is 2.04 bits per heavy atom. The van der Waals surface area contributed by atoms with Gasteiger partial charge in [0.25, 0.3) is 0 Å². The zero-order chi connectivity index (χ0) is 16.7. The average molecular weight is 333 g/mol. The number of hydrogen-bond donors (Lipinski definition) is 2. The van der Waals surface area contributed by atoms with Crippen molar-refractivity contribution in [2.24, 2.45) is 0 Å². The molecule has 1 fully saturated rings. The number of benzene rings is 1. The van der Waals surface area contributed by atoms with Crippen LogP contribution in [0.25, 0.3) is 0 Å². The van der Waals surface area contributed by atoms with Gasteiger partial charge in [0.05, 0.1) is 11.5 Å². The van der Waals surface area contributed by atoms with Crippen molar-refractivity contribution in [1.82, 2.24) is 0 Å². The number of nitrogens with zero attached hydrogens (tertiary/aromatic N) is 1. The molecule has 4 aliphatic rings. The summed E-state index contributed by atoms with van der Waals surface area (Å²) >= 11 is 0. The lowest BCUT2D eigenvalue weighted by Gasteiger charge is -2.55. The summed E-state index contributed by atoms with van der Waals surface area (Å²) in [6.45, 7) is 0.0694. The molecule has 3 aliphatic heterocycles. The fourth-order valence-corrected chi connectivity index (χ4v) is 4.97. The van der Waals surface area contributed by atoms with E-state index in [4.69, 9.17) is 14.2 Å². The van der Waals surface area contributed by atoms with Crippen LogP contribution in [0.5, 0.6) is 11.5 Å². The Bertz CT molecular complexity index is 751. The molecule has 0 spiro atoms. The molecule has 1 saturated heterocycles. The number of aliphatic hydroxyl groups is 2. The molecule has 6 atom stereocenters. The van der Waals surface area contributed by atoms with E-state index in [1.54, 1.807) is 13.2 Å². The van der Waals surface area contributed by atoms with Gasteiger partial charge in [-0.3, -0.25) is 0 Å². The number of hydrogen-bond acceptors (Lipinski definition) is 6. The van der Waals surface area contributed by atoms with Gasteiger partial charge in [-0.2, -0.15) is 0 Å². The van der Waals surface area contributed by atoms with E-state index in [0.29, 0.717) is 23.5 Å². The molecule has 0 aromatic heterocycles. The summed E-state index contributed by atoms with van der Waals surface area (Å²) in [5, 5.41) is 35.2. The second-order valence-corrected chi connectivity index (χ2v) is 7.04. The second kappa shape index (κ2) is 4.50. The summed E-state index contributed by atoms with van der Waals surface area (Å²) in [6, 6.07) is 2.99. The highest BCUT2D eigenvalue weighted by Gasteiger charge is 2.67. The summed E-state index contributed by atoms with van der Waals surface area (Å²) in [4.78, 5) is 0. The lowest BCUT2D eigenvalue weighted by molar-refractivity contribution is -0.950. The summed E-state index contributed by atoms with van der Waals surface area (Å²) in [6.07, 6.45) is 1.94. The van der Waals surface area contributed by atoms with Gasteiger partial charge in [0.2, 0.25) is 13.0 Å². The Labute approximate surface area is 138 Å². The van der Waals surface area contributed by atoms with Gasteiger partial charge < -0.3 is 34.3 Å². The molecule has 128 valence electrons. The van der Waals surface area contributed by atoms with Gasteiger partial charge in [0, 0.05) is 19.1 Å². The largest absolute Gasteiger partial charge is 0.630 e. The third-order valence-electron chi connectivity index (χ3n) is 6.14. The number of quaternary nitrogens is 1. The predicted molar refractivity (Wildman–Crippen MR) is 82.0 cm³/mol. The Balaban J connectivity index is 1.79. The van der Waals surface area contributed by atoms with E-state index in [0.717, 1.165) is 5.56 Å². The maximum Gasteiger partial charge on any atom is 0.231 e. The van der Waals surface area contributed by atoms with Crippen molar-refractivity contribution in [2.45, 2.75) is 36.3 Å². The highest BCUT2D eigenvalue weighted by atomic mass is 16.7. The molecule has 24 heavy (non-hydrogen) atoms. The van der Waals surface area contributed by atoms with Crippen LogP contribution in [0.3, 0.4) is 0 Å². The van der Waals surface area contributed by atoms with Crippen molar-refractivity contribution in [2.75, 3.05) is 20.4 Å². The second-order valence-electron chi connectivity index (χ2n) is 7.04. The number of hydroxylamine groups is 3. The molecule has 1 aromatic rings. The highest BCUT2D eigenvalue weighted by Crippen LogP contribution is 2.59. The summed E-state index contributed by atoms with van der Waals surface area (Å²) in [5.41, 5.74) is 0.444. The van der Waals surface area contributed by atoms with Crippen molar-refractivity contribution in [1.29, 1.82) is 0 Å². The molecule has 7 nitrogen and oxygen atoms in total. The Morgan fingerprint density at radius 1 is 1.29 bits per heavy atom. The predicted octanol–water partition coefficient (Wildman–Crippen LogP) is 0.690. The minimum atomic E-state index is -1.26. The number of aliphatic hydroxyl groups excluding tert-OH is 2. The fourth-order valence-electron chi connectivity index (χ4n) is 4.97. The molecule has 7 heteroatoms. The first kappa shape index (κ1) is 14.7. The first-order valence-electron chi connectivity index (χ1n) is 8.11. The first-order valence-corrected chi connectivity index (χ1v) is 8.11. The van der Waals surface area contributed by atoms with Crippen LogP contribution < -0.4 is 9.47 Å². The quantitative estimate of drug-likeness (QED) is 0.446. The smallest absolute Gasteiger partial charge is 0.231 e. The van der Waals surface area contributed by atoms with E-state index >= 15 is 0 Å². The third-order valence-corrected chi connectivity index (χ3v) is 6.14. The molecule has 0 radical (unpaired) electrons. The van der Waals surface area contributed by atoms with Crippen LogP contribution in [0.4, 0.5) is 0 Å². The van der Waals surface area contributed by atoms with Gasteiger partial charge in [0.1, 0.15) is 18.7 Å². The van der Waals surface area contributed by atoms with Crippen LogP contribution in [-0.2, 0) is 10.2 Å². The van der Waals surface area contributed by atoms with Crippen LogP contribution in [0.2, 0.25) is 0 Å². The molecular formula is C17H19NO6. The zero-order valence-corrected chi connectivity index (χ0v) is 13.2. The van der Waals surface area contributed by atoms with Crippen molar-refractivity contribution >= 4 is 0 Å². The molecular weight excluding hydrogens is 314 g/mol. The van der Waals surface area contributed by atoms with Gasteiger partial charge in [-0.1, -0.05) is 12.2 Å². The summed E-state index contributed by atoms with van der Waals surface area (Å²) in [7, 11) is 1.60. The molecule has 5 rings (SSSR count). The molecule has 3 heterocycles. The molecule has 2 bridgehead atoms. The van der Waals surface area contributed by atoms with E-state index in [-0.39, 0.29) is 19.4 Å². The van der Waals surface area contributed by atoms with Crippen LogP contribution in [0.1, 0.15) is 23.8 Å². The number of methoxy groups -OCH3 is 1. The van der Waals surface area contributed by atoms with Crippen LogP contribution >= 0.6 is 0 Å². The van der Waals surface area contributed by atoms with Crippen molar-refractivity contribution < 1.29 is 29.1 Å². The van der Waals surface area contributed by atoms with Crippen LogP contribution in [-0.4, -0.2) is 53.6 Å². The van der Waals surface area contributed by atoms with E-state index in [1.807, 2.05) is 18.2 Å². The number of ether oxygens (including phenoxy) is 3. The van der Waals surface area contributed by atoms with E-state index < -0.39 is 28.4 Å². The standard InChI is InChI=1S/C17H19NO6/c1-22-9-2-3-17-11-6-13-12(23-8-24-13)5-10(11)16(20)18(21,7-15(17)19)14(17)4-9/h2-3,5-6,9,14-16,19-20H,4,7-8H2,1H3/t9-,14+,15+,16?,17+,18-/m1/s1. The lowest BCUT2D eigenvalue weighted by atomic mass is 9.65. The molecule has 1 unspecified atom stereocenters. The Kier molecular flexibility index (Phi) is 2.75. The SMILES string of the molecule is CO[C@@H]1C=C[C@@]23c4cc5c(cc4C(O)[N@@+]([O-])(C[C@@H]2O)[C@H]3C1)OCO5. The molecule has 2 N–H and O–H groups in total. The third kappa shape index (κ3) is 1.50. The normalized spacial score (nSPS) is 44.3. The van der Waals surface area contributed by atoms with Gasteiger partial charge >= 0.3 is 0 Å². The maximum absolute atomic E-state index is 13.5. The highest BCUT2D eigenvalue weighted by molar-refractivity contribution is 5.56. The fraction of sp³-hybridized carbons (Fsp3) is 0.529. The molecule has 0 saturated carbocycles. The van der Waals surface area contributed by atoms with Crippen LogP contribution in [0, 0.1) is 5.21 Å². The van der Waals surface area contributed by atoms with Crippen molar-refractivity contribution in [3.8, 4) is 11.5 Å². The zero-order valence-electron chi connectivity index (χ0n) is 13.2. The van der Waals surface area contributed by atoms with Gasteiger partial charge in [-0.15, -0.1) is 0 Å². The Hall–Kier alpha value is -1.64. The lowest BCUT2D eigenvalue weighted by Crippen LogP contribution is -2.60. The molecule has 1 aromatic carbocycles. The van der Waals surface area contributed by atoms with Gasteiger partial charge in [0.15, 0.2) is 11.5 Å². The van der Waals surface area contributed by atoms with E-state index in [1.165, 1.54) is 0 Å². The minimum absolute atomic E-state index is 0.0479. The van der Waals surface area contributed by atoms with E-state index in [9.17, 15) is 15.4 Å². The average Bonchev–Trinajstić information content (AvgIpc) is 3.12. The summed E-state index contributed by atoms with van der Waals surface area (Å²) < 4.78 is 15.4. The topological polar surface area (TPSA) is 91.2 Å². The van der Waals surface area contributed by atoms with Gasteiger partial charge in [-0.05, 0) is 17.7 Å². The molecule has 1 aliphatic carbocycles. The summed E-state index contributed by atoms with van der Waals surface area (Å²) in [5.74, 6) is 1.11. The maximum atomic E-state index is 13.5. The molecule has 0 amide bonds. The van der Waals surface area contributed by atoms with Gasteiger partial charge in [-0.25, -0.2) is 0 Å². The monoisotopic (exact) mass is 333 g/mol.